The highest BCUT2D eigenvalue weighted by atomic mass is 35.5. The van der Waals surface area contributed by atoms with Crippen molar-refractivity contribution in [2.75, 3.05) is 41.3 Å². The summed E-state index contributed by atoms with van der Waals surface area (Å²) in [5, 5.41) is 118. The Hall–Kier alpha value is -11.7. The van der Waals surface area contributed by atoms with Gasteiger partial charge in [0.2, 0.25) is 59.3 Å². The number of fused-ring (bicyclic) bond motifs is 14. The molecule has 0 saturated carbocycles. The number of amides is 8. The van der Waals surface area contributed by atoms with Crippen LogP contribution in [0.4, 0.5) is 0 Å². The zero-order chi connectivity index (χ0) is 83.8. The largest absolute Gasteiger partial charge is 0.508 e. The minimum absolute atomic E-state index is 0.00570. The fraction of sp³-hybridized carbons (Fsp3) is 0.378. The van der Waals surface area contributed by atoms with E-state index < -0.39 is 205 Å². The number of methoxy groups -OCH3 is 1. The Labute approximate surface area is 680 Å². The number of aromatic hydroxyl groups is 5. The van der Waals surface area contributed by atoms with Gasteiger partial charge in [-0.1, -0.05) is 105 Å². The molecule has 7 aromatic carbocycles. The first-order chi connectivity index (χ1) is 56.0. The molecule has 35 heteroatoms. The third-order valence-electron chi connectivity index (χ3n) is 20.7. The predicted molar refractivity (Wildman–Crippen MR) is 419 cm³/mol. The molecule has 0 unspecified atom stereocenters. The van der Waals surface area contributed by atoms with Crippen molar-refractivity contribution in [3.8, 4) is 80.1 Å². The van der Waals surface area contributed by atoms with Crippen LogP contribution >= 0.6 is 23.2 Å². The third-order valence-corrected chi connectivity index (χ3v) is 21.4. The highest BCUT2D eigenvalue weighted by molar-refractivity contribution is 6.33. The average molecular weight is 1650 g/mol. The first-order valence-corrected chi connectivity index (χ1v) is 38.8. The average Bonchev–Trinajstić information content (AvgIpc) is 0.769. The number of carbonyl (C=O) groups excluding carboxylic acids is 9. The van der Waals surface area contributed by atoms with E-state index in [0.717, 1.165) is 106 Å². The molecule has 7 aliphatic heterocycles. The maximum absolute atomic E-state index is 16.6. The van der Waals surface area contributed by atoms with Crippen molar-refractivity contribution in [3.05, 3.63) is 164 Å². The Balaban J connectivity index is 1.09. The smallest absolute Gasteiger partial charge is 0.337 e. The number of nitrogens with one attached hydrogen (secondary N) is 9. The monoisotopic (exact) mass is 1650 g/mol. The topological polar surface area (TPSA) is 482 Å². The Morgan fingerprint density at radius 3 is 1.91 bits per heavy atom. The number of unbranched alkanes of at least 4 members (excludes halogenated alkanes) is 7. The normalized spacial score (nSPS) is 23.1. The van der Waals surface area contributed by atoms with Crippen molar-refractivity contribution in [2.24, 2.45) is 0 Å². The summed E-state index contributed by atoms with van der Waals surface area (Å²) in [5.41, 5.74) is -1.96. The molecule has 0 spiro atoms. The fourth-order valence-corrected chi connectivity index (χ4v) is 15.0. The van der Waals surface area contributed by atoms with Crippen LogP contribution in [0.5, 0.6) is 69.0 Å². The summed E-state index contributed by atoms with van der Waals surface area (Å²) in [7, 11) is 6.03. The number of benzene rings is 7. The Kier molecular flexibility index (Phi) is 26.8. The van der Waals surface area contributed by atoms with Gasteiger partial charge in [-0.25, -0.2) is 4.79 Å². The quantitative estimate of drug-likeness (QED) is 0.0302. The second-order valence-corrected chi connectivity index (χ2v) is 30.0. The molecule has 7 heterocycles. The standard InChI is InChI=1S/C82H90Cl2N10O23/c1-6-7-8-9-10-11-12-13-15-59(100)88-68-70(102)71(103)73(81(111)112-5)117-82(68)116-72-57-32-42-33-58(72)115-55-25-20-41(30-49(55)83)69(101)67-80(110)92-65(75(105)86-26-14-27-94(3)4)47-34-43(95)35-53(98)60(47)46-29-39(18-23-51(46)96)63(77(107)93-67)89-78(108)64(42)90-79(109)66-48-36-45(37-54(99)61(48)84)114-56-31-40(19-24-52(56)97)62(85-2)76(106)87-50(74(104)91-66)28-38-16-21-44(113-57)22-17-38/h16-25,29-37,50,62-71,73,82,85,95-99,101-103H,6-15,26-28H2,1-5H3,(H,86,105)(H,87,106)(H,88,100)(H,89,108)(H,90,109)(H,91,104)(H,92,110)(H,93,107)/t50-,62+,63-,64-,65-,66+,67+,68-,69-,70-,71+,73+,82-/m1/s1. The number of rotatable bonds is 19. The second kappa shape index (κ2) is 37.1. The molecule has 1 fully saturated rings. The third kappa shape index (κ3) is 19.2. The number of likely N-dealkylation sites (N-methyl/N-ethyl adjacent to an activating group) is 1. The summed E-state index contributed by atoms with van der Waals surface area (Å²) in [6.07, 6.45) is -3.53. The maximum Gasteiger partial charge on any atom is 0.337 e. The summed E-state index contributed by atoms with van der Waals surface area (Å²) in [5.74, 6) is -16.2. The molecule has 7 aromatic rings. The van der Waals surface area contributed by atoms with Crippen LogP contribution in [0.3, 0.4) is 0 Å². The molecule has 33 nitrogen and oxygen atoms in total. The van der Waals surface area contributed by atoms with Crippen LogP contribution in [0.1, 0.15) is 146 Å². The second-order valence-electron chi connectivity index (χ2n) is 29.3. The number of aliphatic hydroxyl groups is 3. The highest BCUT2D eigenvalue weighted by Crippen LogP contribution is 2.50. The van der Waals surface area contributed by atoms with E-state index in [1.807, 2.05) is 4.90 Å². The first kappa shape index (κ1) is 84.7. The number of aliphatic hydroxyl groups excluding tert-OH is 3. The molecule has 8 amide bonds. The number of phenols is 5. The van der Waals surface area contributed by atoms with Crippen molar-refractivity contribution in [1.82, 2.24) is 52.8 Å². The number of esters is 1. The Morgan fingerprint density at radius 1 is 0.573 bits per heavy atom. The van der Waals surface area contributed by atoms with Crippen molar-refractivity contribution >= 4 is 76.4 Å². The maximum atomic E-state index is 16.6. The lowest BCUT2D eigenvalue weighted by Crippen LogP contribution is -2.66. The number of hydrogen-bond acceptors (Lipinski definition) is 25. The van der Waals surface area contributed by atoms with Crippen molar-refractivity contribution in [1.29, 1.82) is 0 Å². The summed E-state index contributed by atoms with van der Waals surface area (Å²) in [6, 6.07) is 7.29. The van der Waals surface area contributed by atoms with Gasteiger partial charge in [0.25, 0.3) is 0 Å². The van der Waals surface area contributed by atoms with Crippen LogP contribution in [-0.4, -0.2) is 183 Å². The first-order valence-electron chi connectivity index (χ1n) is 38.0. The van der Waals surface area contributed by atoms with Gasteiger partial charge in [0.1, 0.15) is 107 Å². The number of hydrogen-bond donors (Lipinski definition) is 17. The zero-order valence-corrected chi connectivity index (χ0v) is 65.6. The van der Waals surface area contributed by atoms with Crippen molar-refractivity contribution in [3.63, 3.8) is 0 Å². The van der Waals surface area contributed by atoms with E-state index in [2.05, 4.69) is 54.8 Å². The molecule has 13 atom stereocenters. The van der Waals surface area contributed by atoms with Gasteiger partial charge in [-0.05, 0) is 147 Å². The van der Waals surface area contributed by atoms with Crippen LogP contribution in [0.2, 0.25) is 10.0 Å². The van der Waals surface area contributed by atoms with Crippen LogP contribution < -0.4 is 66.8 Å². The summed E-state index contributed by atoms with van der Waals surface area (Å²) in [6.45, 7) is 2.60. The lowest BCUT2D eigenvalue weighted by atomic mass is 9.89. The van der Waals surface area contributed by atoms with Crippen molar-refractivity contribution < 1.29 is 112 Å². The van der Waals surface area contributed by atoms with E-state index >= 15 is 24.0 Å². The number of carbonyl (C=O) groups is 9. The number of phenolic OH excluding ortho intramolecular Hbond substituents is 5. The molecule has 17 N–H and O–H groups in total. The van der Waals surface area contributed by atoms with E-state index in [-0.39, 0.29) is 70.2 Å². The van der Waals surface area contributed by atoms with Gasteiger partial charge in [-0.3, -0.25) is 38.4 Å². The molecule has 117 heavy (non-hydrogen) atoms. The molecular weight excluding hydrogens is 1560 g/mol. The van der Waals surface area contributed by atoms with E-state index in [9.17, 15) is 60.0 Å². The molecular formula is C82H90Cl2N10O23. The number of ether oxygens (including phenoxy) is 6. The minimum atomic E-state index is -2.35. The van der Waals surface area contributed by atoms with Crippen LogP contribution in [0, 0.1) is 0 Å². The lowest BCUT2D eigenvalue weighted by molar-refractivity contribution is -0.242. The lowest BCUT2D eigenvalue weighted by Gasteiger charge is -2.41. The van der Waals surface area contributed by atoms with Gasteiger partial charge >= 0.3 is 5.97 Å². The fourth-order valence-electron chi connectivity index (χ4n) is 14.5. The molecule has 17 bridgehead atoms. The van der Waals surface area contributed by atoms with E-state index in [1.165, 1.54) is 61.6 Å². The number of nitrogens with zero attached hydrogens (tertiary/aromatic N) is 1. The van der Waals surface area contributed by atoms with Gasteiger partial charge in [-0.2, -0.15) is 0 Å². The summed E-state index contributed by atoms with van der Waals surface area (Å²) >= 11 is 14.2. The van der Waals surface area contributed by atoms with Gasteiger partial charge in [-0.15, -0.1) is 0 Å². The Morgan fingerprint density at radius 2 is 1.21 bits per heavy atom. The van der Waals surface area contributed by atoms with Gasteiger partial charge in [0, 0.05) is 48.2 Å². The Bertz CT molecular complexity index is 4960. The molecule has 1 saturated heterocycles. The molecule has 0 aromatic heterocycles. The van der Waals surface area contributed by atoms with Crippen molar-refractivity contribution in [2.45, 2.75) is 157 Å². The predicted octanol–water partition coefficient (Wildman–Crippen LogP) is 6.54. The molecule has 0 radical (unpaired) electrons. The summed E-state index contributed by atoms with van der Waals surface area (Å²) in [4.78, 5) is 139. The highest BCUT2D eigenvalue weighted by Gasteiger charge is 2.51. The zero-order valence-electron chi connectivity index (χ0n) is 64.1. The number of halogens is 2. The molecule has 620 valence electrons. The minimum Gasteiger partial charge on any atom is -0.508 e. The molecule has 7 aliphatic rings. The van der Waals surface area contributed by atoms with Crippen LogP contribution in [0.15, 0.2) is 115 Å². The van der Waals surface area contributed by atoms with E-state index in [1.54, 1.807) is 14.1 Å². The molecule has 14 rings (SSSR count). The SMILES string of the molecule is CCCCCCCCCCC(=O)N[C@H]1[C@H](Oc2c3cc4cc2Oc2ccc(cc2Cl)[C@@H](O)[C@@H]2NC(=O)[C@H](NC(=O)[C@@H]4NC(=O)[C@H]4NC(=O)[C@@H](Cc5ccc(cc5)O3)NC(=O)[C@@H](NC)c3ccc(O)c(c3)Oc3cc(O)c(Cl)c4c3)c3ccc(O)c(c3)-c3c(O)cc(O)cc3[C@H](C(=O)NCCCN(C)C)NC2=O)O[C@H](C(=O)OC)[C@@H](O)[C@@H]1O. The van der Waals surface area contributed by atoms with E-state index in [0.29, 0.717) is 31.4 Å². The van der Waals surface area contributed by atoms with Gasteiger partial charge in [0.05, 0.1) is 17.2 Å². The van der Waals surface area contributed by atoms with E-state index in [4.69, 9.17) is 51.6 Å². The van der Waals surface area contributed by atoms with Crippen LogP contribution in [-0.2, 0) is 59.0 Å². The summed E-state index contributed by atoms with van der Waals surface area (Å²) < 4.78 is 37.7. The van der Waals surface area contributed by atoms with Gasteiger partial charge in [0.15, 0.2) is 29.1 Å². The van der Waals surface area contributed by atoms with Crippen LogP contribution in [0.25, 0.3) is 11.1 Å². The van der Waals surface area contributed by atoms with Gasteiger partial charge < -0.3 is 122 Å². The molecule has 0 aliphatic carbocycles.